The maximum atomic E-state index is 10.0. The molecule has 0 spiro atoms. The molecule has 2 aliphatic carbocycles. The zero-order valence-electron chi connectivity index (χ0n) is 22.9. The van der Waals surface area contributed by atoms with E-state index in [4.69, 9.17) is 19.7 Å². The summed E-state index contributed by atoms with van der Waals surface area (Å²) in [6, 6.07) is 11.0. The van der Waals surface area contributed by atoms with Gasteiger partial charge in [-0.25, -0.2) is 9.97 Å². The minimum atomic E-state index is -0.199. The second-order valence-electron chi connectivity index (χ2n) is 11.8. The van der Waals surface area contributed by atoms with E-state index < -0.39 is 0 Å². The first-order valence-corrected chi connectivity index (χ1v) is 14.6. The summed E-state index contributed by atoms with van der Waals surface area (Å²) >= 11 is 0. The molecule has 8 heteroatoms. The van der Waals surface area contributed by atoms with Gasteiger partial charge in [-0.3, -0.25) is 0 Å². The Hall–Kier alpha value is -2.71. The predicted octanol–water partition coefficient (Wildman–Crippen LogP) is 5.32. The molecule has 1 saturated heterocycles. The lowest BCUT2D eigenvalue weighted by Crippen LogP contribution is -2.41. The number of aromatic nitrogens is 4. The van der Waals surface area contributed by atoms with Crippen molar-refractivity contribution < 1.29 is 9.84 Å². The Morgan fingerprint density at radius 1 is 1.05 bits per heavy atom. The number of rotatable bonds is 8. The van der Waals surface area contributed by atoms with Gasteiger partial charge in [0.15, 0.2) is 17.3 Å². The third-order valence-corrected chi connectivity index (χ3v) is 9.14. The Bertz CT molecular complexity index is 1220. The zero-order valence-corrected chi connectivity index (χ0v) is 22.9. The van der Waals surface area contributed by atoms with Crippen LogP contribution in [0.1, 0.15) is 76.2 Å². The second-order valence-corrected chi connectivity index (χ2v) is 11.8. The number of benzene rings is 1. The highest BCUT2D eigenvalue weighted by Gasteiger charge is 2.32. The summed E-state index contributed by atoms with van der Waals surface area (Å²) in [4.78, 5) is 17.1. The first kappa shape index (κ1) is 25.6. The maximum absolute atomic E-state index is 10.0. The van der Waals surface area contributed by atoms with Crippen molar-refractivity contribution in [2.24, 2.45) is 17.8 Å². The number of hydrogen-bond donors (Lipinski definition) is 2. The topological polar surface area (TPSA) is 88.3 Å². The van der Waals surface area contributed by atoms with Crippen LogP contribution in [-0.2, 0) is 17.9 Å². The zero-order chi connectivity index (χ0) is 26.1. The van der Waals surface area contributed by atoms with E-state index in [1.807, 2.05) is 0 Å². The van der Waals surface area contributed by atoms with Crippen LogP contribution in [0, 0.1) is 17.8 Å². The van der Waals surface area contributed by atoms with E-state index in [0.29, 0.717) is 42.6 Å². The fourth-order valence-corrected chi connectivity index (χ4v) is 6.47. The molecular weight excluding hydrogens is 476 g/mol. The molecule has 1 aromatic carbocycles. The lowest BCUT2D eigenvalue weighted by atomic mass is 9.80. The van der Waals surface area contributed by atoms with Crippen LogP contribution in [0.15, 0.2) is 30.3 Å². The third kappa shape index (κ3) is 5.13. The van der Waals surface area contributed by atoms with Crippen LogP contribution >= 0.6 is 0 Å². The molecule has 8 nitrogen and oxygen atoms in total. The molecular formula is C30H42N6O2. The van der Waals surface area contributed by atoms with Crippen LogP contribution in [0.4, 0.5) is 11.8 Å². The Morgan fingerprint density at radius 3 is 2.55 bits per heavy atom. The Morgan fingerprint density at radius 2 is 1.84 bits per heavy atom. The molecule has 2 N–H and O–H groups in total. The average molecular weight is 519 g/mol. The molecule has 0 radical (unpaired) electrons. The Kier molecular flexibility index (Phi) is 7.52. The lowest BCUT2D eigenvalue weighted by Gasteiger charge is -2.37. The summed E-state index contributed by atoms with van der Waals surface area (Å²) in [6.07, 6.45) is 8.86. The highest BCUT2D eigenvalue weighted by molar-refractivity contribution is 5.86. The molecule has 38 heavy (non-hydrogen) atoms. The van der Waals surface area contributed by atoms with Crippen molar-refractivity contribution in [3.63, 3.8) is 0 Å². The molecule has 3 aromatic rings. The van der Waals surface area contributed by atoms with Crippen LogP contribution in [0.2, 0.25) is 0 Å². The fourth-order valence-electron chi connectivity index (χ4n) is 6.47. The largest absolute Gasteiger partial charge is 0.388 e. The van der Waals surface area contributed by atoms with Gasteiger partial charge < -0.3 is 24.6 Å². The number of ether oxygens (including phenoxy) is 1. The summed E-state index contributed by atoms with van der Waals surface area (Å²) in [5, 5.41) is 13.7. The van der Waals surface area contributed by atoms with E-state index in [-0.39, 0.29) is 12.6 Å². The minimum Gasteiger partial charge on any atom is -0.388 e. The van der Waals surface area contributed by atoms with Crippen LogP contribution < -0.4 is 10.2 Å². The van der Waals surface area contributed by atoms with Crippen molar-refractivity contribution >= 4 is 22.9 Å². The van der Waals surface area contributed by atoms with Crippen LogP contribution in [0.5, 0.6) is 0 Å². The molecule has 6 rings (SSSR count). The van der Waals surface area contributed by atoms with Gasteiger partial charge in [-0.1, -0.05) is 56.5 Å². The van der Waals surface area contributed by atoms with Crippen LogP contribution in [-0.4, -0.2) is 50.4 Å². The van der Waals surface area contributed by atoms with Crippen LogP contribution in [0.25, 0.3) is 11.2 Å². The number of anilines is 2. The standard InChI is InChI=1S/C30H42N6O2/c1-20-11-13-22(14-12-20)17-36-27-28(31-21(2)23-9-6-10-23)32-26(18-37)33-29(27)34-30(36)35-15-16-38-19-25(35)24-7-4-3-5-8-24/h3-5,7-8,20-23,25,37H,6,9-19H2,1-2H3,(H,31,32,33)/t20-,21-,22-,25+/m1/s1. The van der Waals surface area contributed by atoms with Gasteiger partial charge in [-0.05, 0) is 55.9 Å². The molecule has 0 amide bonds. The molecule has 2 aromatic heterocycles. The van der Waals surface area contributed by atoms with E-state index in [1.54, 1.807) is 0 Å². The SMILES string of the molecule is C[C@@H](Nc1nc(CO)nc2nc(N3CCOC[C@H]3c3ccccc3)n(C[C@H]3CC[C@H](C)CC3)c12)C1CCC1. The van der Waals surface area contributed by atoms with E-state index in [2.05, 4.69) is 59.0 Å². The molecule has 204 valence electrons. The summed E-state index contributed by atoms with van der Waals surface area (Å²) in [6.45, 7) is 7.41. The Labute approximate surface area is 225 Å². The van der Waals surface area contributed by atoms with Crippen molar-refractivity contribution in [2.45, 2.75) is 84.0 Å². The third-order valence-electron chi connectivity index (χ3n) is 9.14. The molecule has 2 saturated carbocycles. The van der Waals surface area contributed by atoms with E-state index >= 15 is 0 Å². The van der Waals surface area contributed by atoms with E-state index in [0.717, 1.165) is 36.3 Å². The summed E-state index contributed by atoms with van der Waals surface area (Å²) in [7, 11) is 0. The number of morpholine rings is 1. The van der Waals surface area contributed by atoms with Crippen molar-refractivity contribution in [2.75, 3.05) is 30.0 Å². The number of aliphatic hydroxyl groups excluding tert-OH is 1. The van der Waals surface area contributed by atoms with Crippen molar-refractivity contribution in [1.29, 1.82) is 0 Å². The number of imidazole rings is 1. The van der Waals surface area contributed by atoms with Gasteiger partial charge in [0, 0.05) is 19.1 Å². The smallest absolute Gasteiger partial charge is 0.208 e. The number of hydrogen-bond acceptors (Lipinski definition) is 7. The summed E-state index contributed by atoms with van der Waals surface area (Å²) < 4.78 is 8.37. The second kappa shape index (κ2) is 11.2. The van der Waals surface area contributed by atoms with Gasteiger partial charge in [0.2, 0.25) is 5.95 Å². The average Bonchev–Trinajstić information content (AvgIpc) is 3.27. The summed E-state index contributed by atoms with van der Waals surface area (Å²) in [5.74, 6) is 4.25. The predicted molar refractivity (Wildman–Crippen MR) is 150 cm³/mol. The van der Waals surface area contributed by atoms with Gasteiger partial charge in [0.05, 0.1) is 19.3 Å². The van der Waals surface area contributed by atoms with Crippen LogP contribution in [0.3, 0.4) is 0 Å². The highest BCUT2D eigenvalue weighted by Crippen LogP contribution is 2.38. The first-order chi connectivity index (χ1) is 18.6. The van der Waals surface area contributed by atoms with Gasteiger partial charge in [-0.15, -0.1) is 0 Å². The maximum Gasteiger partial charge on any atom is 0.208 e. The summed E-state index contributed by atoms with van der Waals surface area (Å²) in [5.41, 5.74) is 2.88. The molecule has 3 heterocycles. The van der Waals surface area contributed by atoms with Crippen molar-refractivity contribution in [3.8, 4) is 0 Å². The van der Waals surface area contributed by atoms with Crippen molar-refractivity contribution in [1.82, 2.24) is 19.5 Å². The lowest BCUT2D eigenvalue weighted by molar-refractivity contribution is 0.0927. The molecule has 2 atom stereocenters. The quantitative estimate of drug-likeness (QED) is 0.417. The molecule has 0 bridgehead atoms. The highest BCUT2D eigenvalue weighted by atomic mass is 16.5. The van der Waals surface area contributed by atoms with Gasteiger partial charge in [-0.2, -0.15) is 4.98 Å². The molecule has 1 aliphatic heterocycles. The van der Waals surface area contributed by atoms with Gasteiger partial charge in [0.1, 0.15) is 12.1 Å². The molecule has 3 aliphatic rings. The normalized spacial score (nSPS) is 25.3. The number of aliphatic hydroxyl groups is 1. The molecule has 0 unspecified atom stereocenters. The molecule has 3 fully saturated rings. The van der Waals surface area contributed by atoms with Crippen molar-refractivity contribution in [3.05, 3.63) is 41.7 Å². The fraction of sp³-hybridized carbons (Fsp3) is 0.633. The Balaban J connectivity index is 1.45. The van der Waals surface area contributed by atoms with E-state index in [9.17, 15) is 5.11 Å². The van der Waals surface area contributed by atoms with Gasteiger partial charge >= 0.3 is 0 Å². The first-order valence-electron chi connectivity index (χ1n) is 14.6. The van der Waals surface area contributed by atoms with Gasteiger partial charge in [0.25, 0.3) is 0 Å². The number of fused-ring (bicyclic) bond motifs is 1. The monoisotopic (exact) mass is 518 g/mol. The number of nitrogens with one attached hydrogen (secondary N) is 1. The number of nitrogens with zero attached hydrogens (tertiary/aromatic N) is 5. The van der Waals surface area contributed by atoms with E-state index in [1.165, 1.54) is 50.5 Å². The minimum absolute atomic E-state index is 0.0856.